The third-order valence-corrected chi connectivity index (χ3v) is 2.95. The van der Waals surface area contributed by atoms with E-state index in [0.717, 1.165) is 5.69 Å². The lowest BCUT2D eigenvalue weighted by Crippen LogP contribution is -2.11. The first kappa shape index (κ1) is 13.4. The van der Waals surface area contributed by atoms with Crippen LogP contribution in [0.4, 0.5) is 5.69 Å². The number of nitrogens with one attached hydrogen (secondary N) is 1. The molecule has 0 saturated carbocycles. The van der Waals surface area contributed by atoms with Gasteiger partial charge in [0.25, 0.3) is 0 Å². The molecule has 0 radical (unpaired) electrons. The minimum Gasteiger partial charge on any atom is -0.380 e. The van der Waals surface area contributed by atoms with Gasteiger partial charge in [0.05, 0.1) is 6.54 Å². The maximum Gasteiger partial charge on any atom is 0.0516 e. The monoisotopic (exact) mass is 257 g/mol. The van der Waals surface area contributed by atoms with Crippen LogP contribution in [0, 0.1) is 0 Å². The molecule has 88 valence electrons. The van der Waals surface area contributed by atoms with Crippen molar-refractivity contribution >= 4 is 28.9 Å². The largest absolute Gasteiger partial charge is 0.380 e. The fourth-order valence-corrected chi connectivity index (χ4v) is 1.46. The van der Waals surface area contributed by atoms with E-state index in [4.69, 9.17) is 23.2 Å². The van der Waals surface area contributed by atoms with E-state index >= 15 is 0 Å². The summed E-state index contributed by atoms with van der Waals surface area (Å²) in [6.45, 7) is 7.15. The SMILES string of the molecule is CC(C)(C)c1ccc(NCC(Cl)=CCl)cc1. The van der Waals surface area contributed by atoms with Crippen LogP contribution in [-0.4, -0.2) is 6.54 Å². The Hall–Kier alpha value is -0.660. The maximum atomic E-state index is 5.79. The minimum absolute atomic E-state index is 0.187. The molecule has 1 aromatic rings. The van der Waals surface area contributed by atoms with Gasteiger partial charge in [-0.2, -0.15) is 0 Å². The van der Waals surface area contributed by atoms with Crippen molar-refractivity contribution in [3.05, 3.63) is 40.4 Å². The van der Waals surface area contributed by atoms with E-state index in [2.05, 4.69) is 50.4 Å². The Morgan fingerprint density at radius 3 is 2.25 bits per heavy atom. The van der Waals surface area contributed by atoms with Crippen LogP contribution in [0.15, 0.2) is 34.8 Å². The molecule has 1 N–H and O–H groups in total. The van der Waals surface area contributed by atoms with Gasteiger partial charge in [-0.15, -0.1) is 0 Å². The Kier molecular flexibility index (Phi) is 4.69. The summed E-state index contributed by atoms with van der Waals surface area (Å²) < 4.78 is 0. The standard InChI is InChI=1S/C13H17Cl2N/c1-13(2,3)10-4-6-12(7-5-10)16-9-11(15)8-14/h4-8,16H,9H2,1-3H3. The van der Waals surface area contributed by atoms with E-state index in [0.29, 0.717) is 11.6 Å². The van der Waals surface area contributed by atoms with Crippen molar-refractivity contribution in [2.75, 3.05) is 11.9 Å². The predicted molar refractivity (Wildman–Crippen MR) is 73.4 cm³/mol. The Bertz CT molecular complexity index is 361. The molecule has 0 aromatic heterocycles. The highest BCUT2D eigenvalue weighted by molar-refractivity contribution is 6.36. The summed E-state index contributed by atoms with van der Waals surface area (Å²) in [7, 11) is 0. The van der Waals surface area contributed by atoms with E-state index in [9.17, 15) is 0 Å². The lowest BCUT2D eigenvalue weighted by molar-refractivity contribution is 0.590. The smallest absolute Gasteiger partial charge is 0.0516 e. The molecule has 0 aliphatic carbocycles. The maximum absolute atomic E-state index is 5.79. The third-order valence-electron chi connectivity index (χ3n) is 2.33. The summed E-state index contributed by atoms with van der Waals surface area (Å²) >= 11 is 11.3. The first-order valence-corrected chi connectivity index (χ1v) is 6.04. The summed E-state index contributed by atoms with van der Waals surface area (Å²) in [6, 6.07) is 8.36. The van der Waals surface area contributed by atoms with Crippen molar-refractivity contribution < 1.29 is 0 Å². The lowest BCUT2D eigenvalue weighted by Gasteiger charge is -2.19. The van der Waals surface area contributed by atoms with Gasteiger partial charge in [0, 0.05) is 16.3 Å². The zero-order valence-electron chi connectivity index (χ0n) is 9.85. The number of anilines is 1. The molecule has 0 aliphatic heterocycles. The van der Waals surface area contributed by atoms with Crippen molar-refractivity contribution in [1.82, 2.24) is 0 Å². The van der Waals surface area contributed by atoms with Gasteiger partial charge in [-0.3, -0.25) is 0 Å². The van der Waals surface area contributed by atoms with Gasteiger partial charge in [0.1, 0.15) is 0 Å². The van der Waals surface area contributed by atoms with Crippen LogP contribution in [0.2, 0.25) is 0 Å². The van der Waals surface area contributed by atoms with Crippen LogP contribution >= 0.6 is 23.2 Å². The van der Waals surface area contributed by atoms with Gasteiger partial charge >= 0.3 is 0 Å². The molecule has 0 fully saturated rings. The molecule has 1 aromatic carbocycles. The molecule has 0 amide bonds. The second-order valence-corrected chi connectivity index (χ2v) is 5.44. The summed E-state index contributed by atoms with van der Waals surface area (Å²) in [5, 5.41) is 3.79. The van der Waals surface area contributed by atoms with Crippen molar-refractivity contribution in [1.29, 1.82) is 0 Å². The van der Waals surface area contributed by atoms with Crippen LogP contribution in [0.25, 0.3) is 0 Å². The van der Waals surface area contributed by atoms with Crippen LogP contribution in [0.3, 0.4) is 0 Å². The first-order chi connectivity index (χ1) is 7.43. The van der Waals surface area contributed by atoms with Crippen molar-refractivity contribution in [3.63, 3.8) is 0 Å². The molecule has 0 atom stereocenters. The number of hydrogen-bond donors (Lipinski definition) is 1. The summed E-state index contributed by atoms with van der Waals surface area (Å²) in [4.78, 5) is 0. The van der Waals surface area contributed by atoms with Gasteiger partial charge in [-0.05, 0) is 23.1 Å². The molecule has 3 heteroatoms. The quantitative estimate of drug-likeness (QED) is 0.827. The number of halogens is 2. The average molecular weight is 258 g/mol. The Morgan fingerprint density at radius 1 is 1.25 bits per heavy atom. The Balaban J connectivity index is 2.65. The highest BCUT2D eigenvalue weighted by Gasteiger charge is 2.12. The minimum atomic E-state index is 0.187. The first-order valence-electron chi connectivity index (χ1n) is 5.22. The fourth-order valence-electron chi connectivity index (χ4n) is 1.31. The normalized spacial score (nSPS) is 12.7. The van der Waals surface area contributed by atoms with E-state index in [1.807, 2.05) is 0 Å². The second-order valence-electron chi connectivity index (χ2n) is 4.74. The van der Waals surface area contributed by atoms with Gasteiger partial charge < -0.3 is 5.32 Å². The molecule has 0 unspecified atom stereocenters. The lowest BCUT2D eigenvalue weighted by atomic mass is 9.87. The van der Waals surface area contributed by atoms with E-state index < -0.39 is 0 Å². The van der Waals surface area contributed by atoms with Crippen molar-refractivity contribution in [3.8, 4) is 0 Å². The molecule has 0 spiro atoms. The highest BCUT2D eigenvalue weighted by Crippen LogP contribution is 2.23. The number of benzene rings is 1. The number of rotatable bonds is 3. The topological polar surface area (TPSA) is 12.0 Å². The Morgan fingerprint density at radius 2 is 1.81 bits per heavy atom. The van der Waals surface area contributed by atoms with Gasteiger partial charge in [-0.1, -0.05) is 56.1 Å². The Labute approximate surface area is 107 Å². The zero-order valence-corrected chi connectivity index (χ0v) is 11.4. The third kappa shape index (κ3) is 4.07. The van der Waals surface area contributed by atoms with Gasteiger partial charge in [0.15, 0.2) is 0 Å². The molecule has 16 heavy (non-hydrogen) atoms. The average Bonchev–Trinajstić information content (AvgIpc) is 2.25. The molecular formula is C13H17Cl2N. The van der Waals surface area contributed by atoms with E-state index in [1.54, 1.807) is 0 Å². The second kappa shape index (κ2) is 5.60. The van der Waals surface area contributed by atoms with E-state index in [-0.39, 0.29) is 5.41 Å². The van der Waals surface area contributed by atoms with Gasteiger partial charge in [0.2, 0.25) is 0 Å². The molecule has 0 bridgehead atoms. The van der Waals surface area contributed by atoms with Crippen LogP contribution < -0.4 is 5.32 Å². The van der Waals surface area contributed by atoms with Crippen molar-refractivity contribution in [2.24, 2.45) is 0 Å². The summed E-state index contributed by atoms with van der Waals surface area (Å²) in [6.07, 6.45) is 0. The predicted octanol–water partition coefficient (Wildman–Crippen LogP) is 4.72. The molecule has 0 saturated heterocycles. The fraction of sp³-hybridized carbons (Fsp3) is 0.385. The molecular weight excluding hydrogens is 241 g/mol. The molecule has 1 nitrogen and oxygen atoms in total. The van der Waals surface area contributed by atoms with Crippen LogP contribution in [0.5, 0.6) is 0 Å². The molecule has 1 rings (SSSR count). The number of hydrogen-bond acceptors (Lipinski definition) is 1. The molecule has 0 heterocycles. The van der Waals surface area contributed by atoms with Crippen LogP contribution in [-0.2, 0) is 5.41 Å². The summed E-state index contributed by atoms with van der Waals surface area (Å²) in [5.41, 5.74) is 3.92. The summed E-state index contributed by atoms with van der Waals surface area (Å²) in [5.74, 6) is 0. The highest BCUT2D eigenvalue weighted by atomic mass is 35.5. The van der Waals surface area contributed by atoms with Crippen molar-refractivity contribution in [2.45, 2.75) is 26.2 Å². The van der Waals surface area contributed by atoms with Gasteiger partial charge in [-0.25, -0.2) is 0 Å². The zero-order chi connectivity index (χ0) is 12.2. The van der Waals surface area contributed by atoms with E-state index in [1.165, 1.54) is 11.1 Å². The molecule has 0 aliphatic rings. The van der Waals surface area contributed by atoms with Crippen LogP contribution in [0.1, 0.15) is 26.3 Å².